The highest BCUT2D eigenvalue weighted by Crippen LogP contribution is 1.98. The monoisotopic (exact) mass is 336 g/mol. The summed E-state index contributed by atoms with van der Waals surface area (Å²) in [5.74, 6) is -2.15. The van der Waals surface area contributed by atoms with E-state index < -0.39 is 11.9 Å². The topological polar surface area (TPSA) is 150 Å². The first kappa shape index (κ1) is 20.0. The second-order valence-corrected chi connectivity index (χ2v) is 3.85. The van der Waals surface area contributed by atoms with Crippen molar-refractivity contribution in [3.8, 4) is 6.07 Å². The van der Waals surface area contributed by atoms with Crippen molar-refractivity contribution in [1.29, 1.82) is 5.26 Å². The van der Waals surface area contributed by atoms with E-state index in [2.05, 4.69) is 9.97 Å². The van der Waals surface area contributed by atoms with Crippen molar-refractivity contribution in [2.75, 3.05) is 0 Å². The van der Waals surface area contributed by atoms with Crippen LogP contribution in [0.1, 0.15) is 32.4 Å². The normalized spacial score (nSPS) is 8.70. The molecule has 0 amide bonds. The minimum absolute atomic E-state index is 0. The SMILES string of the molecule is Cl.N#Cc1cccc(C(=O)O)n1.NCc1cccc(C(=O)O)n1. The zero-order chi connectivity index (χ0) is 16.5. The Morgan fingerprint density at radius 1 is 1.04 bits per heavy atom. The van der Waals surface area contributed by atoms with Gasteiger partial charge in [-0.2, -0.15) is 5.26 Å². The molecule has 0 saturated heterocycles. The number of nitriles is 1. The average molecular weight is 337 g/mol. The van der Waals surface area contributed by atoms with Crippen LogP contribution in [0, 0.1) is 11.3 Å². The number of carbonyl (C=O) groups is 2. The highest BCUT2D eigenvalue weighted by atomic mass is 35.5. The van der Waals surface area contributed by atoms with Gasteiger partial charge in [0.25, 0.3) is 0 Å². The fourth-order valence-electron chi connectivity index (χ4n) is 1.33. The number of halogens is 1. The molecule has 2 heterocycles. The lowest BCUT2D eigenvalue weighted by molar-refractivity contribution is 0.0679. The number of rotatable bonds is 3. The van der Waals surface area contributed by atoms with E-state index in [-0.39, 0.29) is 36.0 Å². The van der Waals surface area contributed by atoms with Gasteiger partial charge in [0, 0.05) is 6.54 Å². The van der Waals surface area contributed by atoms with Crippen LogP contribution in [0.2, 0.25) is 0 Å². The first-order valence-corrected chi connectivity index (χ1v) is 5.97. The molecule has 2 rings (SSSR count). The van der Waals surface area contributed by atoms with E-state index in [1.54, 1.807) is 18.2 Å². The molecule has 0 unspecified atom stereocenters. The second kappa shape index (κ2) is 9.83. The van der Waals surface area contributed by atoms with Crippen molar-refractivity contribution in [2.45, 2.75) is 6.54 Å². The minimum Gasteiger partial charge on any atom is -0.477 e. The van der Waals surface area contributed by atoms with Gasteiger partial charge in [0.05, 0.1) is 5.69 Å². The van der Waals surface area contributed by atoms with Crippen molar-refractivity contribution in [3.63, 3.8) is 0 Å². The van der Waals surface area contributed by atoms with Crippen LogP contribution < -0.4 is 5.73 Å². The van der Waals surface area contributed by atoms with E-state index in [0.717, 1.165) is 0 Å². The fourth-order valence-corrected chi connectivity index (χ4v) is 1.33. The maximum atomic E-state index is 10.4. The number of pyridine rings is 2. The quantitative estimate of drug-likeness (QED) is 0.759. The van der Waals surface area contributed by atoms with Crippen LogP contribution in [0.15, 0.2) is 36.4 Å². The van der Waals surface area contributed by atoms with E-state index in [1.165, 1.54) is 24.3 Å². The predicted octanol–water partition coefficient (Wildman–Crippen LogP) is 1.31. The van der Waals surface area contributed by atoms with Gasteiger partial charge in [-0.15, -0.1) is 12.4 Å². The zero-order valence-electron chi connectivity index (χ0n) is 11.7. The Morgan fingerprint density at radius 2 is 1.57 bits per heavy atom. The summed E-state index contributed by atoms with van der Waals surface area (Å²) in [4.78, 5) is 28.0. The van der Waals surface area contributed by atoms with Gasteiger partial charge in [0.2, 0.25) is 0 Å². The Hall–Kier alpha value is -3.02. The lowest BCUT2D eigenvalue weighted by Crippen LogP contribution is -2.05. The summed E-state index contributed by atoms with van der Waals surface area (Å²) in [5, 5.41) is 25.3. The Kier molecular flexibility index (Phi) is 8.54. The number of carboxylic acids is 2. The zero-order valence-corrected chi connectivity index (χ0v) is 12.5. The van der Waals surface area contributed by atoms with Crippen LogP contribution in [-0.4, -0.2) is 32.1 Å². The smallest absolute Gasteiger partial charge is 0.354 e. The minimum atomic E-state index is -1.12. The summed E-state index contributed by atoms with van der Waals surface area (Å²) in [7, 11) is 0. The highest BCUT2D eigenvalue weighted by Gasteiger charge is 2.03. The van der Waals surface area contributed by atoms with Gasteiger partial charge in [-0.25, -0.2) is 19.6 Å². The number of nitrogens with two attached hydrogens (primary N) is 1. The van der Waals surface area contributed by atoms with Crippen molar-refractivity contribution < 1.29 is 19.8 Å². The van der Waals surface area contributed by atoms with Gasteiger partial charge >= 0.3 is 11.9 Å². The van der Waals surface area contributed by atoms with Crippen LogP contribution in [0.25, 0.3) is 0 Å². The van der Waals surface area contributed by atoms with Crippen molar-refractivity contribution >= 4 is 24.3 Å². The Balaban J connectivity index is 0.000000403. The number of hydrogen-bond donors (Lipinski definition) is 3. The number of aromatic carboxylic acids is 2. The largest absolute Gasteiger partial charge is 0.477 e. The van der Waals surface area contributed by atoms with E-state index in [1.807, 2.05) is 0 Å². The molecule has 0 aliphatic heterocycles. The standard InChI is InChI=1S/C7H8N2O2.C7H4N2O2.ClH/c2*8-4-5-2-1-3-6(9-5)7(10)11;/h1-3H,4,8H2,(H,10,11);1-3H,(H,10,11);1H. The molecule has 4 N–H and O–H groups in total. The van der Waals surface area contributed by atoms with Gasteiger partial charge in [-0.3, -0.25) is 0 Å². The Bertz CT molecular complexity index is 731. The molecule has 2 aromatic rings. The van der Waals surface area contributed by atoms with Gasteiger partial charge in [0.1, 0.15) is 23.2 Å². The molecule has 0 spiro atoms. The number of nitrogens with zero attached hydrogens (tertiary/aromatic N) is 3. The third kappa shape index (κ3) is 6.52. The predicted molar refractivity (Wildman–Crippen MR) is 82.2 cm³/mol. The molecular formula is C14H13ClN4O4. The summed E-state index contributed by atoms with van der Waals surface area (Å²) in [6.07, 6.45) is 0. The molecule has 120 valence electrons. The van der Waals surface area contributed by atoms with E-state index in [9.17, 15) is 9.59 Å². The second-order valence-electron chi connectivity index (χ2n) is 3.85. The van der Waals surface area contributed by atoms with Crippen molar-refractivity contribution in [1.82, 2.24) is 9.97 Å². The summed E-state index contributed by atoms with van der Waals surface area (Å²) in [6, 6.07) is 10.8. The molecule has 0 atom stereocenters. The molecular weight excluding hydrogens is 324 g/mol. The molecule has 0 fully saturated rings. The number of hydrogen-bond acceptors (Lipinski definition) is 6. The third-order valence-corrected chi connectivity index (χ3v) is 2.32. The van der Waals surface area contributed by atoms with Crippen LogP contribution >= 0.6 is 12.4 Å². The van der Waals surface area contributed by atoms with Gasteiger partial charge in [0.15, 0.2) is 0 Å². The molecule has 8 nitrogen and oxygen atoms in total. The summed E-state index contributed by atoms with van der Waals surface area (Å²) in [6.45, 7) is 0.265. The lowest BCUT2D eigenvalue weighted by atomic mass is 10.3. The van der Waals surface area contributed by atoms with Crippen LogP contribution in [-0.2, 0) is 6.54 Å². The molecule has 9 heteroatoms. The maximum Gasteiger partial charge on any atom is 0.354 e. The molecule has 23 heavy (non-hydrogen) atoms. The van der Waals surface area contributed by atoms with Crippen molar-refractivity contribution in [3.05, 3.63) is 59.2 Å². The lowest BCUT2D eigenvalue weighted by Gasteiger charge is -1.96. The van der Waals surface area contributed by atoms with Gasteiger partial charge in [-0.05, 0) is 24.3 Å². The average Bonchev–Trinajstić information content (AvgIpc) is 2.55. The first-order valence-electron chi connectivity index (χ1n) is 5.97. The molecule has 0 bridgehead atoms. The molecule has 0 aliphatic rings. The van der Waals surface area contributed by atoms with E-state index in [0.29, 0.717) is 5.69 Å². The highest BCUT2D eigenvalue weighted by molar-refractivity contribution is 5.86. The molecule has 2 aromatic heterocycles. The van der Waals surface area contributed by atoms with Crippen LogP contribution in [0.3, 0.4) is 0 Å². The maximum absolute atomic E-state index is 10.4. The summed E-state index contributed by atoms with van der Waals surface area (Å²) < 4.78 is 0. The Labute approximate surface area is 137 Å². The summed E-state index contributed by atoms with van der Waals surface area (Å²) in [5.41, 5.74) is 5.89. The molecule has 0 aliphatic carbocycles. The molecule has 0 saturated carbocycles. The molecule has 0 radical (unpaired) electrons. The van der Waals surface area contributed by atoms with Gasteiger partial charge in [-0.1, -0.05) is 12.1 Å². The number of carboxylic acid groups (broad SMARTS) is 2. The summed E-state index contributed by atoms with van der Waals surface area (Å²) >= 11 is 0. The van der Waals surface area contributed by atoms with E-state index in [4.69, 9.17) is 21.2 Å². The van der Waals surface area contributed by atoms with E-state index >= 15 is 0 Å². The fraction of sp³-hybridized carbons (Fsp3) is 0.0714. The molecule has 0 aromatic carbocycles. The Morgan fingerprint density at radius 3 is 2.04 bits per heavy atom. The number of aromatic nitrogens is 2. The van der Waals surface area contributed by atoms with Crippen molar-refractivity contribution in [2.24, 2.45) is 5.73 Å². The third-order valence-electron chi connectivity index (χ3n) is 2.32. The van der Waals surface area contributed by atoms with Crippen LogP contribution in [0.4, 0.5) is 0 Å². The first-order chi connectivity index (χ1) is 10.5. The van der Waals surface area contributed by atoms with Crippen LogP contribution in [0.5, 0.6) is 0 Å². The van der Waals surface area contributed by atoms with Gasteiger partial charge < -0.3 is 15.9 Å².